The summed E-state index contributed by atoms with van der Waals surface area (Å²) in [6, 6.07) is 3.15. The van der Waals surface area contributed by atoms with Gasteiger partial charge in [0.05, 0.1) is 22.6 Å². The summed E-state index contributed by atoms with van der Waals surface area (Å²) in [6.45, 7) is 6.22. The first-order valence-electron chi connectivity index (χ1n) is 11.6. The van der Waals surface area contributed by atoms with Crippen molar-refractivity contribution < 1.29 is 13.6 Å². The number of H-pyrrole nitrogens is 1. The van der Waals surface area contributed by atoms with Gasteiger partial charge >= 0.3 is 0 Å². The number of likely N-dealkylation sites (tertiary alicyclic amines) is 1. The topological polar surface area (TPSA) is 126 Å². The van der Waals surface area contributed by atoms with Gasteiger partial charge in [0, 0.05) is 38.4 Å². The van der Waals surface area contributed by atoms with Crippen molar-refractivity contribution in [3.63, 3.8) is 0 Å². The Hall–Kier alpha value is -4.59. The van der Waals surface area contributed by atoms with Crippen molar-refractivity contribution in [2.75, 3.05) is 36.8 Å². The number of halogens is 1. The normalized spacial score (nSPS) is 17.3. The lowest BCUT2D eigenvalue weighted by Crippen LogP contribution is -2.37. The molecular weight excluding hydrogens is 465 g/mol. The minimum absolute atomic E-state index is 0.108. The molecule has 0 radical (unpaired) electrons. The van der Waals surface area contributed by atoms with Crippen LogP contribution in [0.5, 0.6) is 0 Å². The van der Waals surface area contributed by atoms with Crippen LogP contribution in [0.15, 0.2) is 40.2 Å². The molecule has 5 heterocycles. The van der Waals surface area contributed by atoms with Gasteiger partial charge in [-0.1, -0.05) is 18.4 Å². The lowest BCUT2D eigenvalue weighted by atomic mass is 10.1. The number of oxazole rings is 1. The number of anilines is 2. The fourth-order valence-electron chi connectivity index (χ4n) is 4.73. The summed E-state index contributed by atoms with van der Waals surface area (Å²) < 4.78 is 22.3. The van der Waals surface area contributed by atoms with Gasteiger partial charge in [0.2, 0.25) is 5.91 Å². The second kappa shape index (κ2) is 8.27. The van der Waals surface area contributed by atoms with Gasteiger partial charge in [0.25, 0.3) is 11.6 Å². The number of hydrogen-bond acceptors (Lipinski definition) is 7. The molecule has 2 aliphatic rings. The van der Waals surface area contributed by atoms with Crippen LogP contribution < -0.4 is 16.2 Å². The van der Waals surface area contributed by atoms with Gasteiger partial charge in [-0.25, -0.2) is 9.49 Å². The first-order chi connectivity index (χ1) is 17.4. The molecule has 0 bridgehead atoms. The highest BCUT2D eigenvalue weighted by atomic mass is 19.1. The van der Waals surface area contributed by atoms with Gasteiger partial charge in [0.15, 0.2) is 11.4 Å². The monoisotopic (exact) mass is 487 g/mol. The molecule has 3 aromatic heterocycles. The van der Waals surface area contributed by atoms with Crippen LogP contribution in [0, 0.1) is 17.7 Å². The molecule has 11 heteroatoms. The highest BCUT2D eigenvalue weighted by Crippen LogP contribution is 2.30. The number of amides is 1. The number of carbonyl (C=O) groups is 1. The second-order valence-corrected chi connectivity index (χ2v) is 8.93. The number of aromatic amines is 1. The number of nitrogens with one attached hydrogen (secondary N) is 1. The maximum absolute atomic E-state index is 14.8. The highest BCUT2D eigenvalue weighted by molar-refractivity contribution is 5.94. The van der Waals surface area contributed by atoms with Crippen molar-refractivity contribution in [1.82, 2.24) is 24.6 Å². The van der Waals surface area contributed by atoms with Crippen molar-refractivity contribution in [3.8, 4) is 11.8 Å². The number of nitrogens with zero attached hydrogens (tertiary/aromatic N) is 5. The van der Waals surface area contributed by atoms with E-state index in [2.05, 4.69) is 33.6 Å². The van der Waals surface area contributed by atoms with Crippen LogP contribution in [0.25, 0.3) is 22.0 Å². The van der Waals surface area contributed by atoms with Crippen LogP contribution in [0.4, 0.5) is 16.2 Å². The average molecular weight is 487 g/mol. The quantitative estimate of drug-likeness (QED) is 0.335. The summed E-state index contributed by atoms with van der Waals surface area (Å²) >= 11 is 0. The van der Waals surface area contributed by atoms with Gasteiger partial charge in [-0.2, -0.15) is 10.1 Å². The molecular formula is C25H22FN7O3. The molecule has 0 saturated carbocycles. The predicted molar refractivity (Wildman–Crippen MR) is 132 cm³/mol. The lowest BCUT2D eigenvalue weighted by molar-refractivity contribution is -0.125. The molecule has 2 aliphatic heterocycles. The summed E-state index contributed by atoms with van der Waals surface area (Å²) in [5.74, 6) is 5.23. The number of fused-ring (bicyclic) bond motifs is 2. The molecule has 3 N–H and O–H groups in total. The SMILES string of the molecule is C=CC(=O)N1CC[C@H](n2cc(C#Cc3cc4nc(N5CCC5)oc4cc3F)c3c(N)n[nH]c(=O)c32)C1. The lowest BCUT2D eigenvalue weighted by Gasteiger charge is -2.28. The van der Waals surface area contributed by atoms with Crippen LogP contribution in [0.1, 0.15) is 30.0 Å². The average Bonchev–Trinajstić information content (AvgIpc) is 3.55. The highest BCUT2D eigenvalue weighted by Gasteiger charge is 2.29. The van der Waals surface area contributed by atoms with Gasteiger partial charge in [0.1, 0.15) is 16.9 Å². The minimum atomic E-state index is -0.539. The summed E-state index contributed by atoms with van der Waals surface area (Å²) in [7, 11) is 0. The first-order valence-corrected chi connectivity index (χ1v) is 11.6. The molecule has 36 heavy (non-hydrogen) atoms. The summed E-state index contributed by atoms with van der Waals surface area (Å²) in [6.07, 6.45) is 4.71. The minimum Gasteiger partial charge on any atom is -0.423 e. The Morgan fingerprint density at radius 1 is 1.28 bits per heavy atom. The maximum Gasteiger partial charge on any atom is 0.298 e. The van der Waals surface area contributed by atoms with Gasteiger partial charge in [-0.05, 0) is 25.0 Å². The van der Waals surface area contributed by atoms with Crippen molar-refractivity contribution >= 4 is 39.7 Å². The molecule has 2 saturated heterocycles. The van der Waals surface area contributed by atoms with Crippen LogP contribution in [-0.4, -0.2) is 56.7 Å². The van der Waals surface area contributed by atoms with Crippen molar-refractivity contribution in [1.29, 1.82) is 0 Å². The zero-order chi connectivity index (χ0) is 25.0. The van der Waals surface area contributed by atoms with Crippen LogP contribution in [0.3, 0.4) is 0 Å². The zero-order valence-corrected chi connectivity index (χ0v) is 19.3. The number of rotatable bonds is 3. The van der Waals surface area contributed by atoms with E-state index in [9.17, 15) is 14.0 Å². The van der Waals surface area contributed by atoms with Crippen molar-refractivity contribution in [2.24, 2.45) is 0 Å². The Morgan fingerprint density at radius 2 is 2.08 bits per heavy atom. The molecule has 4 aromatic rings. The zero-order valence-electron chi connectivity index (χ0n) is 19.3. The van der Waals surface area contributed by atoms with Gasteiger partial charge in [-0.3, -0.25) is 9.59 Å². The van der Waals surface area contributed by atoms with E-state index in [0.29, 0.717) is 53.1 Å². The Labute approximate surface area is 204 Å². The van der Waals surface area contributed by atoms with E-state index in [0.717, 1.165) is 19.5 Å². The van der Waals surface area contributed by atoms with Crippen molar-refractivity contribution in [3.05, 3.63) is 58.3 Å². The number of hydrogen-bond donors (Lipinski definition) is 2. The number of aromatic nitrogens is 4. The Kier molecular flexibility index (Phi) is 5.03. The third kappa shape index (κ3) is 3.50. The number of carbonyl (C=O) groups excluding carboxylic acids is 1. The van der Waals surface area contributed by atoms with Crippen LogP contribution in [-0.2, 0) is 4.79 Å². The summed E-state index contributed by atoms with van der Waals surface area (Å²) in [4.78, 5) is 32.9. The molecule has 0 aliphatic carbocycles. The molecule has 1 aromatic carbocycles. The molecule has 2 fully saturated rings. The van der Waals surface area contributed by atoms with E-state index >= 15 is 0 Å². The van der Waals surface area contributed by atoms with E-state index in [4.69, 9.17) is 10.2 Å². The number of nitrogen functional groups attached to an aromatic ring is 1. The summed E-state index contributed by atoms with van der Waals surface area (Å²) in [5, 5.41) is 6.69. The van der Waals surface area contributed by atoms with Crippen molar-refractivity contribution in [2.45, 2.75) is 18.9 Å². The Balaban J connectivity index is 1.41. The summed E-state index contributed by atoms with van der Waals surface area (Å²) in [5.41, 5.74) is 7.47. The third-order valence-electron chi connectivity index (χ3n) is 6.75. The van der Waals surface area contributed by atoms with E-state index < -0.39 is 11.4 Å². The van der Waals surface area contributed by atoms with E-state index in [1.165, 1.54) is 12.1 Å². The van der Waals surface area contributed by atoms with Gasteiger partial charge < -0.3 is 24.5 Å². The third-order valence-corrected chi connectivity index (χ3v) is 6.75. The molecule has 0 spiro atoms. The smallest absolute Gasteiger partial charge is 0.298 e. The molecule has 10 nitrogen and oxygen atoms in total. The molecule has 182 valence electrons. The fourth-order valence-corrected chi connectivity index (χ4v) is 4.73. The van der Waals surface area contributed by atoms with E-state index in [1.54, 1.807) is 21.7 Å². The molecule has 6 rings (SSSR count). The number of nitrogens with two attached hydrogens (primary N) is 1. The predicted octanol–water partition coefficient (Wildman–Crippen LogP) is 2.16. The fraction of sp³-hybridized carbons (Fsp3) is 0.280. The van der Waals surface area contributed by atoms with E-state index in [1.807, 2.05) is 4.90 Å². The maximum atomic E-state index is 14.8. The Morgan fingerprint density at radius 3 is 2.83 bits per heavy atom. The van der Waals surface area contributed by atoms with Crippen LogP contribution >= 0.6 is 0 Å². The van der Waals surface area contributed by atoms with Crippen LogP contribution in [0.2, 0.25) is 0 Å². The Bertz CT molecular complexity index is 1670. The molecule has 0 unspecified atom stereocenters. The molecule has 1 atom stereocenters. The van der Waals surface area contributed by atoms with Gasteiger partial charge in [-0.15, -0.1) is 0 Å². The van der Waals surface area contributed by atoms with E-state index in [-0.39, 0.29) is 23.3 Å². The largest absolute Gasteiger partial charge is 0.423 e. The number of benzene rings is 1. The first kappa shape index (κ1) is 21.9. The molecule has 1 amide bonds. The standard InChI is InChI=1S/C25H22FN7O3/c1-2-20(34)32-9-6-16(13-32)33-12-15(21-22(33)24(35)30-29-23(21)27)5-4-14-10-18-19(11-17(14)26)36-25(28-18)31-7-3-8-31/h2,10-12,16H,1,3,6-9,13H2,(H2,27,29)(H,30,35)/t16-/m0/s1. The second-order valence-electron chi connectivity index (χ2n) is 8.93.